The van der Waals surface area contributed by atoms with Crippen LogP contribution < -0.4 is 0 Å². The molecule has 1 atom stereocenters. The van der Waals surface area contributed by atoms with E-state index < -0.39 is 0 Å². The quantitative estimate of drug-likeness (QED) is 0.605. The topological polar surface area (TPSA) is 36.9 Å². The minimum absolute atomic E-state index is 0.00358. The van der Waals surface area contributed by atoms with Crippen molar-refractivity contribution in [2.24, 2.45) is 0 Å². The van der Waals surface area contributed by atoms with Gasteiger partial charge in [0, 0.05) is 13.2 Å². The normalized spacial score (nSPS) is 31.1. The van der Waals surface area contributed by atoms with E-state index in [2.05, 4.69) is 6.92 Å². The smallest absolute Gasteiger partial charge is 0.157 e. The summed E-state index contributed by atoms with van der Waals surface area (Å²) in [6.45, 7) is 5.24. The molecule has 0 radical (unpaired) electrons. The van der Waals surface area contributed by atoms with Gasteiger partial charge in [0.1, 0.15) is 0 Å². The fraction of sp³-hybridized carbons (Fsp3) is 1.00. The maximum atomic E-state index is 5.74. The fourth-order valence-corrected chi connectivity index (χ4v) is 2.42. The van der Waals surface area contributed by atoms with Crippen LogP contribution in [0.4, 0.5) is 0 Å². The molecule has 0 N–H and O–H groups in total. The van der Waals surface area contributed by atoms with Crippen LogP contribution in [0.15, 0.2) is 0 Å². The van der Waals surface area contributed by atoms with Crippen molar-refractivity contribution in [1.82, 2.24) is 0 Å². The van der Waals surface area contributed by atoms with Gasteiger partial charge in [0.25, 0.3) is 0 Å². The maximum Gasteiger partial charge on any atom is 0.157 e. The largest absolute Gasteiger partial charge is 0.378 e. The van der Waals surface area contributed by atoms with Crippen molar-refractivity contribution in [2.45, 2.75) is 70.4 Å². The predicted molar refractivity (Wildman–Crippen MR) is 73.2 cm³/mol. The second-order valence-corrected chi connectivity index (χ2v) is 5.48. The number of ether oxygens (including phenoxy) is 4. The van der Waals surface area contributed by atoms with Crippen molar-refractivity contribution < 1.29 is 18.9 Å². The van der Waals surface area contributed by atoms with Crippen LogP contribution in [0, 0.1) is 0 Å². The van der Waals surface area contributed by atoms with Crippen LogP contribution in [-0.2, 0) is 18.9 Å². The molecule has 1 saturated heterocycles. The first-order chi connectivity index (χ1) is 9.38. The molecular weight excluding hydrogens is 244 g/mol. The van der Waals surface area contributed by atoms with Gasteiger partial charge < -0.3 is 18.9 Å². The van der Waals surface area contributed by atoms with E-state index in [0.29, 0.717) is 25.4 Å². The first-order valence-electron chi connectivity index (χ1n) is 7.85. The minimum Gasteiger partial charge on any atom is -0.378 e. The molecule has 2 rings (SSSR count). The molecule has 2 fully saturated rings. The third-order valence-corrected chi connectivity index (χ3v) is 3.78. The second-order valence-electron chi connectivity index (χ2n) is 5.48. The molecular formula is C15H28O4. The van der Waals surface area contributed by atoms with E-state index in [4.69, 9.17) is 18.9 Å². The van der Waals surface area contributed by atoms with Crippen LogP contribution in [0.2, 0.25) is 0 Å². The lowest BCUT2D eigenvalue weighted by Gasteiger charge is -2.35. The van der Waals surface area contributed by atoms with Gasteiger partial charge in [-0.25, -0.2) is 0 Å². The summed E-state index contributed by atoms with van der Waals surface area (Å²) >= 11 is 0. The molecule has 4 nitrogen and oxygen atoms in total. The molecule has 0 aromatic carbocycles. The summed E-state index contributed by atoms with van der Waals surface area (Å²) in [4.78, 5) is 0. The van der Waals surface area contributed by atoms with Gasteiger partial charge in [-0.05, 0) is 38.5 Å². The van der Waals surface area contributed by atoms with Gasteiger partial charge in [-0.15, -0.1) is 0 Å². The standard InChI is InChI=1S/C15H28O4/c1-2-3-7-16-13-11-14(12-13)17-9-10-19-15-6-4-5-8-18-15/h13-15H,2-12H2,1H3. The van der Waals surface area contributed by atoms with Gasteiger partial charge in [-0.1, -0.05) is 13.3 Å². The van der Waals surface area contributed by atoms with E-state index in [1.807, 2.05) is 0 Å². The lowest BCUT2D eigenvalue weighted by atomic mass is 9.92. The molecule has 112 valence electrons. The Morgan fingerprint density at radius 1 is 0.947 bits per heavy atom. The summed E-state index contributed by atoms with van der Waals surface area (Å²) < 4.78 is 22.6. The van der Waals surface area contributed by atoms with E-state index in [-0.39, 0.29) is 6.29 Å². The van der Waals surface area contributed by atoms with Gasteiger partial charge in [0.15, 0.2) is 6.29 Å². The molecule has 1 unspecified atom stereocenters. The summed E-state index contributed by atoms with van der Waals surface area (Å²) in [6, 6.07) is 0. The van der Waals surface area contributed by atoms with E-state index >= 15 is 0 Å². The number of rotatable bonds is 9. The molecule has 1 aliphatic carbocycles. The van der Waals surface area contributed by atoms with Crippen LogP contribution in [-0.4, -0.2) is 44.9 Å². The Labute approximate surface area is 116 Å². The molecule has 0 spiro atoms. The van der Waals surface area contributed by atoms with Crippen LogP contribution in [0.3, 0.4) is 0 Å². The van der Waals surface area contributed by atoms with Crippen molar-refractivity contribution in [3.63, 3.8) is 0 Å². The van der Waals surface area contributed by atoms with E-state index in [1.54, 1.807) is 0 Å². The van der Waals surface area contributed by atoms with Crippen molar-refractivity contribution in [2.75, 3.05) is 26.4 Å². The summed E-state index contributed by atoms with van der Waals surface area (Å²) in [5.74, 6) is 0. The first-order valence-corrected chi connectivity index (χ1v) is 7.85. The third kappa shape index (κ3) is 5.78. The number of unbranched alkanes of at least 4 members (excludes halogenated alkanes) is 1. The zero-order chi connectivity index (χ0) is 13.3. The van der Waals surface area contributed by atoms with E-state index in [0.717, 1.165) is 45.3 Å². The Balaban J connectivity index is 1.39. The summed E-state index contributed by atoms with van der Waals surface area (Å²) in [5.41, 5.74) is 0. The maximum absolute atomic E-state index is 5.74. The van der Waals surface area contributed by atoms with Crippen LogP contribution in [0.5, 0.6) is 0 Å². The summed E-state index contributed by atoms with van der Waals surface area (Å²) in [7, 11) is 0. The summed E-state index contributed by atoms with van der Waals surface area (Å²) in [5, 5.41) is 0. The first kappa shape index (κ1) is 15.2. The minimum atomic E-state index is 0.00358. The lowest BCUT2D eigenvalue weighted by Crippen LogP contribution is -2.38. The number of hydrogen-bond donors (Lipinski definition) is 0. The average Bonchev–Trinajstić information content (AvgIpc) is 2.40. The van der Waals surface area contributed by atoms with E-state index in [1.165, 1.54) is 12.8 Å². The van der Waals surface area contributed by atoms with Gasteiger partial charge in [0.2, 0.25) is 0 Å². The highest BCUT2D eigenvalue weighted by atomic mass is 16.7. The van der Waals surface area contributed by atoms with Gasteiger partial charge in [0.05, 0.1) is 25.4 Å². The zero-order valence-electron chi connectivity index (χ0n) is 12.1. The molecule has 1 saturated carbocycles. The van der Waals surface area contributed by atoms with Gasteiger partial charge in [-0.3, -0.25) is 0 Å². The monoisotopic (exact) mass is 272 g/mol. The summed E-state index contributed by atoms with van der Waals surface area (Å²) in [6.07, 6.45) is 8.67. The fourth-order valence-electron chi connectivity index (χ4n) is 2.42. The molecule has 1 aliphatic heterocycles. The van der Waals surface area contributed by atoms with Crippen LogP contribution >= 0.6 is 0 Å². The molecule has 2 aliphatic rings. The Morgan fingerprint density at radius 3 is 2.37 bits per heavy atom. The third-order valence-electron chi connectivity index (χ3n) is 3.78. The van der Waals surface area contributed by atoms with Crippen molar-refractivity contribution in [1.29, 1.82) is 0 Å². The average molecular weight is 272 g/mol. The predicted octanol–water partition coefficient (Wildman–Crippen LogP) is 2.89. The van der Waals surface area contributed by atoms with Crippen molar-refractivity contribution in [3.8, 4) is 0 Å². The van der Waals surface area contributed by atoms with Crippen molar-refractivity contribution in [3.05, 3.63) is 0 Å². The Hall–Kier alpha value is -0.160. The van der Waals surface area contributed by atoms with E-state index in [9.17, 15) is 0 Å². The van der Waals surface area contributed by atoms with Crippen LogP contribution in [0.25, 0.3) is 0 Å². The SMILES string of the molecule is CCCCOC1CC(OCCOC2CCCCO2)C1. The lowest BCUT2D eigenvalue weighted by molar-refractivity contribution is -0.178. The number of hydrogen-bond acceptors (Lipinski definition) is 4. The Kier molecular flexibility index (Phi) is 7.14. The van der Waals surface area contributed by atoms with Crippen LogP contribution in [0.1, 0.15) is 51.9 Å². The second kappa shape index (κ2) is 8.90. The molecule has 0 amide bonds. The molecule has 19 heavy (non-hydrogen) atoms. The van der Waals surface area contributed by atoms with Crippen molar-refractivity contribution >= 4 is 0 Å². The van der Waals surface area contributed by atoms with Gasteiger partial charge in [-0.2, -0.15) is 0 Å². The molecule has 0 bridgehead atoms. The Bertz CT molecular complexity index is 222. The Morgan fingerprint density at radius 2 is 1.68 bits per heavy atom. The molecule has 4 heteroatoms. The highest BCUT2D eigenvalue weighted by Crippen LogP contribution is 2.26. The highest BCUT2D eigenvalue weighted by Gasteiger charge is 2.30. The zero-order valence-corrected chi connectivity index (χ0v) is 12.1. The van der Waals surface area contributed by atoms with Gasteiger partial charge >= 0.3 is 0 Å². The molecule has 1 heterocycles. The molecule has 0 aromatic rings. The molecule has 0 aromatic heterocycles. The highest BCUT2D eigenvalue weighted by molar-refractivity contribution is 4.81.